The van der Waals surface area contributed by atoms with E-state index in [4.69, 9.17) is 0 Å². The fraction of sp³-hybridized carbons (Fsp3) is 0.364. The van der Waals surface area contributed by atoms with Gasteiger partial charge in [-0.15, -0.1) is 13.2 Å². The quantitative estimate of drug-likeness (QED) is 0.632. The number of benzene rings is 1. The third-order valence-electron chi connectivity index (χ3n) is 2.04. The van der Waals surface area contributed by atoms with E-state index in [2.05, 4.69) is 9.47 Å². The number of halogens is 6. The van der Waals surface area contributed by atoms with E-state index in [1.54, 1.807) is 0 Å². The molecule has 0 aromatic heterocycles. The van der Waals surface area contributed by atoms with Gasteiger partial charge in [0.2, 0.25) is 0 Å². The smallest absolute Gasteiger partial charge is 0.461 e. The summed E-state index contributed by atoms with van der Waals surface area (Å²) in [5.41, 5.74) is -1.44. The van der Waals surface area contributed by atoms with Gasteiger partial charge in [-0.1, -0.05) is 0 Å². The van der Waals surface area contributed by atoms with Crippen LogP contribution in [0.2, 0.25) is 0 Å². The van der Waals surface area contributed by atoms with Gasteiger partial charge in [-0.2, -0.15) is 8.78 Å². The molecule has 0 unspecified atom stereocenters. The number of rotatable bonds is 4. The molecule has 0 atom stereocenters. The molecule has 0 fully saturated rings. The maximum atomic E-state index is 13.7. The second kappa shape index (κ2) is 5.59. The van der Waals surface area contributed by atoms with Crippen molar-refractivity contribution in [3.63, 3.8) is 0 Å². The van der Waals surface area contributed by atoms with Gasteiger partial charge in [-0.25, -0.2) is 9.18 Å². The van der Waals surface area contributed by atoms with Crippen molar-refractivity contribution >= 4 is 5.97 Å². The van der Waals surface area contributed by atoms with Gasteiger partial charge in [0.1, 0.15) is 11.6 Å². The van der Waals surface area contributed by atoms with Crippen molar-refractivity contribution in [3.05, 3.63) is 29.6 Å². The van der Waals surface area contributed by atoms with Gasteiger partial charge in [0.15, 0.2) is 0 Å². The summed E-state index contributed by atoms with van der Waals surface area (Å²) in [5.74, 6) is -9.19. The molecule has 0 saturated carbocycles. The monoisotopic (exact) mass is 302 g/mol. The minimum atomic E-state index is -5.31. The highest BCUT2D eigenvalue weighted by Crippen LogP contribution is 2.38. The third-order valence-corrected chi connectivity index (χ3v) is 2.04. The standard InChI is InChI=1S/C11H8F6O3/c1-2-19-9(18)10(13,14)7-4-3-6(12)5-8(7)20-11(15,16)17/h3-5H,2H2,1H3. The first kappa shape index (κ1) is 16.1. The Balaban J connectivity index is 3.26. The lowest BCUT2D eigenvalue weighted by molar-refractivity contribution is -0.275. The third kappa shape index (κ3) is 3.78. The highest BCUT2D eigenvalue weighted by atomic mass is 19.4. The van der Waals surface area contributed by atoms with Crippen LogP contribution >= 0.6 is 0 Å². The van der Waals surface area contributed by atoms with Crippen LogP contribution in [0.5, 0.6) is 5.75 Å². The molecule has 0 radical (unpaired) electrons. The van der Waals surface area contributed by atoms with Crippen LogP contribution in [0, 0.1) is 5.82 Å². The van der Waals surface area contributed by atoms with Gasteiger partial charge in [0.05, 0.1) is 12.2 Å². The van der Waals surface area contributed by atoms with Crippen LogP contribution < -0.4 is 4.74 Å². The number of carbonyl (C=O) groups excluding carboxylic acids is 1. The summed E-state index contributed by atoms with van der Waals surface area (Å²) in [4.78, 5) is 11.1. The van der Waals surface area contributed by atoms with Crippen molar-refractivity contribution in [1.29, 1.82) is 0 Å². The van der Waals surface area contributed by atoms with Gasteiger partial charge < -0.3 is 9.47 Å². The van der Waals surface area contributed by atoms with E-state index in [1.165, 1.54) is 6.92 Å². The van der Waals surface area contributed by atoms with E-state index >= 15 is 0 Å². The van der Waals surface area contributed by atoms with Gasteiger partial charge in [-0.3, -0.25) is 0 Å². The van der Waals surface area contributed by atoms with Crippen LogP contribution in [-0.2, 0) is 15.5 Å². The number of esters is 1. The molecule has 1 aromatic rings. The molecule has 0 saturated heterocycles. The van der Waals surface area contributed by atoms with Crippen molar-refractivity contribution in [2.24, 2.45) is 0 Å². The number of hydrogen-bond donors (Lipinski definition) is 0. The highest BCUT2D eigenvalue weighted by molar-refractivity contribution is 5.80. The summed E-state index contributed by atoms with van der Waals surface area (Å²) in [7, 11) is 0. The van der Waals surface area contributed by atoms with E-state index in [1.807, 2.05) is 0 Å². The van der Waals surface area contributed by atoms with Gasteiger partial charge in [0, 0.05) is 6.07 Å². The summed E-state index contributed by atoms with van der Waals surface area (Å²) in [6.07, 6.45) is -5.31. The first-order chi connectivity index (χ1) is 9.08. The second-order valence-corrected chi connectivity index (χ2v) is 3.48. The molecule has 0 N–H and O–H groups in total. The zero-order valence-electron chi connectivity index (χ0n) is 9.93. The maximum absolute atomic E-state index is 13.7. The first-order valence-corrected chi connectivity index (χ1v) is 5.18. The van der Waals surface area contributed by atoms with Crippen LogP contribution in [-0.4, -0.2) is 18.9 Å². The van der Waals surface area contributed by atoms with Gasteiger partial charge >= 0.3 is 18.3 Å². The lowest BCUT2D eigenvalue weighted by atomic mass is 10.1. The lowest BCUT2D eigenvalue weighted by Gasteiger charge is -2.19. The molecule has 0 heterocycles. The summed E-state index contributed by atoms with van der Waals surface area (Å²) in [6, 6.07) is 0.912. The maximum Gasteiger partial charge on any atom is 0.573 e. The molecule has 0 bridgehead atoms. The summed E-state index contributed by atoms with van der Waals surface area (Å²) in [5, 5.41) is 0. The highest BCUT2D eigenvalue weighted by Gasteiger charge is 2.46. The van der Waals surface area contributed by atoms with Crippen molar-refractivity contribution < 1.29 is 40.6 Å². The van der Waals surface area contributed by atoms with Crippen LogP contribution in [0.3, 0.4) is 0 Å². The first-order valence-electron chi connectivity index (χ1n) is 5.18. The summed E-state index contributed by atoms with van der Waals surface area (Å²) >= 11 is 0. The Morgan fingerprint density at radius 2 is 1.80 bits per heavy atom. The predicted octanol–water partition coefficient (Wildman–Crippen LogP) is 3.38. The molecule has 0 aliphatic heterocycles. The Labute approximate surface area is 109 Å². The topological polar surface area (TPSA) is 35.5 Å². The Morgan fingerprint density at radius 1 is 1.20 bits per heavy atom. The SMILES string of the molecule is CCOC(=O)C(F)(F)c1ccc(F)cc1OC(F)(F)F. The molecule has 9 heteroatoms. The van der Waals surface area contributed by atoms with E-state index in [-0.39, 0.29) is 6.07 Å². The molecule has 0 aliphatic carbocycles. The molecule has 112 valence electrons. The largest absolute Gasteiger partial charge is 0.573 e. The number of hydrogen-bond acceptors (Lipinski definition) is 3. The van der Waals surface area contributed by atoms with E-state index in [0.29, 0.717) is 12.1 Å². The molecule has 20 heavy (non-hydrogen) atoms. The molecule has 0 spiro atoms. The van der Waals surface area contributed by atoms with Crippen LogP contribution in [0.15, 0.2) is 18.2 Å². The summed E-state index contributed by atoms with van der Waals surface area (Å²) < 4.78 is 83.8. The number of ether oxygens (including phenoxy) is 2. The van der Waals surface area contributed by atoms with E-state index in [9.17, 15) is 31.1 Å². The number of alkyl halides is 5. The zero-order chi connectivity index (χ0) is 15.6. The Bertz CT molecular complexity index is 497. The second-order valence-electron chi connectivity index (χ2n) is 3.48. The van der Waals surface area contributed by atoms with Crippen LogP contribution in [0.1, 0.15) is 12.5 Å². The van der Waals surface area contributed by atoms with Crippen LogP contribution in [0.4, 0.5) is 26.3 Å². The number of carbonyl (C=O) groups is 1. The fourth-order valence-corrected chi connectivity index (χ4v) is 1.30. The predicted molar refractivity (Wildman–Crippen MR) is 53.6 cm³/mol. The normalized spacial score (nSPS) is 12.2. The summed E-state index contributed by atoms with van der Waals surface area (Å²) in [6.45, 7) is 0.844. The molecular formula is C11H8F6O3. The molecule has 3 nitrogen and oxygen atoms in total. The molecule has 1 aromatic carbocycles. The molecular weight excluding hydrogens is 294 g/mol. The van der Waals surface area contributed by atoms with Crippen molar-refractivity contribution in [2.75, 3.05) is 6.61 Å². The van der Waals surface area contributed by atoms with Crippen molar-refractivity contribution in [1.82, 2.24) is 0 Å². The van der Waals surface area contributed by atoms with E-state index < -0.39 is 42.0 Å². The van der Waals surface area contributed by atoms with Crippen molar-refractivity contribution in [3.8, 4) is 5.75 Å². The Hall–Kier alpha value is -1.93. The van der Waals surface area contributed by atoms with E-state index in [0.717, 1.165) is 0 Å². The Morgan fingerprint density at radius 3 is 2.30 bits per heavy atom. The average molecular weight is 302 g/mol. The Kier molecular flexibility index (Phi) is 4.51. The van der Waals surface area contributed by atoms with Crippen molar-refractivity contribution in [2.45, 2.75) is 19.2 Å². The lowest BCUT2D eigenvalue weighted by Crippen LogP contribution is -2.30. The zero-order valence-corrected chi connectivity index (χ0v) is 9.93. The fourth-order valence-electron chi connectivity index (χ4n) is 1.30. The minimum Gasteiger partial charge on any atom is -0.461 e. The molecule has 0 amide bonds. The van der Waals surface area contributed by atoms with Crippen LogP contribution in [0.25, 0.3) is 0 Å². The average Bonchev–Trinajstić information content (AvgIpc) is 2.26. The minimum absolute atomic E-state index is 0.107. The van der Waals surface area contributed by atoms with Gasteiger partial charge in [-0.05, 0) is 19.1 Å². The molecule has 0 aliphatic rings. The molecule has 1 rings (SSSR count). The van der Waals surface area contributed by atoms with Gasteiger partial charge in [0.25, 0.3) is 0 Å².